The lowest BCUT2D eigenvalue weighted by molar-refractivity contribution is 0.0697. The fourth-order valence-corrected chi connectivity index (χ4v) is 6.09. The molecule has 238 valence electrons. The van der Waals surface area contributed by atoms with E-state index < -0.39 is 121 Å². The van der Waals surface area contributed by atoms with Crippen molar-refractivity contribution in [3.63, 3.8) is 0 Å². The van der Waals surface area contributed by atoms with Crippen molar-refractivity contribution in [1.82, 2.24) is 0 Å². The number of halogens is 4. The molecule has 46 heavy (non-hydrogen) atoms. The Hall–Kier alpha value is -5.37. The first kappa shape index (κ1) is 32.0. The van der Waals surface area contributed by atoms with Crippen LogP contribution in [0.2, 0.25) is 0 Å². The minimum atomic E-state index is -5.56. The number of nitrogens with one attached hydrogen (secondary N) is 1. The largest absolute Gasteiger partial charge is 0.744 e. The van der Waals surface area contributed by atoms with E-state index in [1.165, 1.54) is 0 Å². The van der Waals surface area contributed by atoms with Crippen molar-refractivity contribution in [3.05, 3.63) is 88.3 Å². The van der Waals surface area contributed by atoms with E-state index in [1.54, 1.807) is 0 Å². The van der Waals surface area contributed by atoms with E-state index in [4.69, 9.17) is 15.6 Å². The Balaban J connectivity index is 1.85. The maximum Gasteiger partial charge on any atom is 0.343 e. The van der Waals surface area contributed by atoms with Crippen LogP contribution in [0.4, 0.5) is 23.2 Å². The van der Waals surface area contributed by atoms with Crippen molar-refractivity contribution < 1.29 is 67.4 Å². The number of rotatable bonds is 6. The van der Waals surface area contributed by atoms with Gasteiger partial charge in [0.2, 0.25) is 17.4 Å². The third-order valence-corrected chi connectivity index (χ3v) is 8.35. The van der Waals surface area contributed by atoms with Crippen LogP contribution in [0.5, 0.6) is 5.75 Å². The number of esters is 1. The number of carboxylic acid groups (broad SMARTS) is 1. The summed E-state index contributed by atoms with van der Waals surface area (Å²) >= 11 is 0. The average Bonchev–Trinajstić information content (AvgIpc) is 2.95. The number of carbonyl (C=O) groups excluding carboxylic acids is 1. The predicted molar refractivity (Wildman–Crippen MR) is 143 cm³/mol. The van der Waals surface area contributed by atoms with Crippen LogP contribution in [0.25, 0.3) is 33.4 Å². The van der Waals surface area contributed by atoms with E-state index in [1.807, 2.05) is 0 Å². The van der Waals surface area contributed by atoms with Crippen molar-refractivity contribution in [2.75, 3.05) is 5.73 Å². The molecule has 0 unspecified atom stereocenters. The smallest absolute Gasteiger partial charge is 0.343 e. The molecule has 0 bridgehead atoms. The van der Waals surface area contributed by atoms with E-state index >= 15 is 0 Å². The number of ether oxygens (including phenoxy) is 1. The summed E-state index contributed by atoms with van der Waals surface area (Å²) in [5, 5.41) is 16.7. The van der Waals surface area contributed by atoms with Crippen molar-refractivity contribution in [2.24, 2.45) is 0 Å². The van der Waals surface area contributed by atoms with E-state index in [9.17, 15) is 58.2 Å². The van der Waals surface area contributed by atoms with E-state index in [0.717, 1.165) is 36.4 Å². The molecule has 19 heteroatoms. The molecule has 0 amide bonds. The summed E-state index contributed by atoms with van der Waals surface area (Å²) in [5.74, 6) is -14.2. The van der Waals surface area contributed by atoms with Gasteiger partial charge in [-0.1, -0.05) is 6.07 Å². The topological polar surface area (TPSA) is 241 Å². The first-order valence-corrected chi connectivity index (χ1v) is 14.9. The number of nitrogen functional groups attached to an aromatic ring is 1. The Labute approximate surface area is 253 Å². The summed E-state index contributed by atoms with van der Waals surface area (Å²) in [4.78, 5) is 22.6. The Morgan fingerprint density at radius 1 is 0.848 bits per heavy atom. The van der Waals surface area contributed by atoms with Gasteiger partial charge in [-0.2, -0.15) is 8.78 Å². The lowest BCUT2D eigenvalue weighted by Crippen LogP contribution is -2.17. The molecule has 13 nitrogen and oxygen atoms in total. The molecule has 0 saturated heterocycles. The van der Waals surface area contributed by atoms with Crippen molar-refractivity contribution in [1.29, 1.82) is 5.41 Å². The molecule has 0 atom stereocenters. The van der Waals surface area contributed by atoms with E-state index in [2.05, 4.69) is 4.74 Å². The SMILES string of the molecule is N=c1ccc2c(-c3ccc(C(=O)Oc4c(F)c(F)cc(F)c4F)cc3C(=O)O)c3ccc(N)c(S(=O)(=O)[O-])c3oc-2c1S(=O)(=O)[O-]. The molecule has 0 saturated carbocycles. The second-order valence-electron chi connectivity index (χ2n) is 9.32. The summed E-state index contributed by atoms with van der Waals surface area (Å²) in [6, 6.07) is 5.95. The van der Waals surface area contributed by atoms with Gasteiger partial charge in [-0.25, -0.2) is 35.2 Å². The molecule has 4 N–H and O–H groups in total. The van der Waals surface area contributed by atoms with Gasteiger partial charge < -0.3 is 29.1 Å². The lowest BCUT2D eigenvalue weighted by atomic mass is 9.89. The van der Waals surface area contributed by atoms with Gasteiger partial charge >= 0.3 is 11.9 Å². The minimum absolute atomic E-state index is 0.148. The van der Waals surface area contributed by atoms with Crippen molar-refractivity contribution in [2.45, 2.75) is 9.79 Å². The highest BCUT2D eigenvalue weighted by molar-refractivity contribution is 7.86. The Bertz CT molecular complexity index is 2400. The van der Waals surface area contributed by atoms with E-state index in [-0.39, 0.29) is 11.5 Å². The molecule has 1 aliphatic heterocycles. The second kappa shape index (κ2) is 10.9. The van der Waals surface area contributed by atoms with E-state index in [0.29, 0.717) is 6.07 Å². The van der Waals surface area contributed by atoms with Gasteiger partial charge in [-0.3, -0.25) is 5.41 Å². The van der Waals surface area contributed by atoms with Crippen LogP contribution >= 0.6 is 0 Å². The van der Waals surface area contributed by atoms with Crippen LogP contribution in [0.15, 0.2) is 62.7 Å². The van der Waals surface area contributed by atoms with Crippen LogP contribution in [0, 0.1) is 28.7 Å². The predicted octanol–water partition coefficient (Wildman–Crippen LogP) is 3.55. The van der Waals surface area contributed by atoms with Crippen molar-refractivity contribution >= 4 is 48.8 Å². The molecule has 3 aromatic carbocycles. The molecular formula is C27H12F4N2O11S2-2. The Kier molecular flexibility index (Phi) is 7.60. The van der Waals surface area contributed by atoms with Crippen LogP contribution in [0.1, 0.15) is 20.7 Å². The standard InChI is InChI=1S/C27H14F4N2O11S2/c28-14-8-15(29)20(31)23(19(14)30)44-27(36)9-1-2-10(13(7-9)26(34)35)18-11-3-5-16(32)24(45(37,38)39)21(11)43-22-12(18)4-6-17(33)25(22)46(40,41)42/h1-8,32H,33H2,(H,34,35)(H,37,38,39)(H,40,41,42)/p-2. The molecule has 2 aliphatic rings. The number of fused-ring (bicyclic) bond motifs is 2. The van der Waals surface area contributed by atoms with Crippen LogP contribution in [-0.4, -0.2) is 43.0 Å². The summed E-state index contributed by atoms with van der Waals surface area (Å²) in [7, 11) is -11.1. The highest BCUT2D eigenvalue weighted by Gasteiger charge is 2.30. The molecule has 0 spiro atoms. The van der Waals surface area contributed by atoms with Crippen LogP contribution in [0.3, 0.4) is 0 Å². The van der Waals surface area contributed by atoms with Crippen LogP contribution < -0.4 is 15.8 Å². The second-order valence-corrected chi connectivity index (χ2v) is 12.0. The molecule has 0 radical (unpaired) electrons. The zero-order valence-corrected chi connectivity index (χ0v) is 23.7. The van der Waals surface area contributed by atoms with Crippen LogP contribution in [-0.2, 0) is 20.2 Å². The fourth-order valence-electron chi connectivity index (χ4n) is 4.64. The molecule has 0 fully saturated rings. The quantitative estimate of drug-likeness (QED) is 0.0444. The summed E-state index contributed by atoms with van der Waals surface area (Å²) in [6.07, 6.45) is 0. The minimum Gasteiger partial charge on any atom is -0.744 e. The average molecular weight is 681 g/mol. The highest BCUT2D eigenvalue weighted by Crippen LogP contribution is 2.45. The number of anilines is 1. The molecule has 5 rings (SSSR count). The molecule has 1 aliphatic carbocycles. The molecule has 1 heterocycles. The van der Waals surface area contributed by atoms with Gasteiger partial charge in [0.15, 0.2) is 23.0 Å². The van der Waals surface area contributed by atoms with Gasteiger partial charge in [0.25, 0.3) is 0 Å². The third kappa shape index (κ3) is 5.30. The number of carboxylic acids is 1. The number of hydrogen-bond donors (Lipinski definition) is 3. The monoisotopic (exact) mass is 680 g/mol. The first-order valence-electron chi connectivity index (χ1n) is 12.0. The number of aromatic carboxylic acids is 1. The van der Waals surface area contributed by atoms with Gasteiger partial charge in [0, 0.05) is 22.6 Å². The lowest BCUT2D eigenvalue weighted by Gasteiger charge is -2.22. The normalized spacial score (nSPS) is 12.0. The summed E-state index contributed by atoms with van der Waals surface area (Å²) in [6.45, 7) is 0. The van der Waals surface area contributed by atoms with Gasteiger partial charge in [0.1, 0.15) is 30.0 Å². The number of benzene rings is 4. The maximum absolute atomic E-state index is 14.1. The Morgan fingerprint density at radius 3 is 2.00 bits per heavy atom. The zero-order valence-electron chi connectivity index (χ0n) is 22.1. The van der Waals surface area contributed by atoms with Gasteiger partial charge in [0.05, 0.1) is 22.2 Å². The summed E-state index contributed by atoms with van der Waals surface area (Å²) in [5.41, 5.74) is 1.25. The molecule has 3 aromatic rings. The molecule has 0 aromatic heterocycles. The highest BCUT2D eigenvalue weighted by atomic mass is 32.2. The number of nitrogens with two attached hydrogens (primary N) is 1. The first-order chi connectivity index (χ1) is 21.3. The van der Waals surface area contributed by atoms with Crippen molar-refractivity contribution in [3.8, 4) is 28.2 Å². The maximum atomic E-state index is 14.1. The zero-order chi connectivity index (χ0) is 34.0. The number of carbonyl (C=O) groups is 2. The molecular weight excluding hydrogens is 668 g/mol. The summed E-state index contributed by atoms with van der Waals surface area (Å²) < 4.78 is 138. The number of hydrogen-bond acceptors (Lipinski definition) is 12. The fraction of sp³-hybridized carbons (Fsp3) is 0. The van der Waals surface area contributed by atoms with Gasteiger partial charge in [-0.15, -0.1) is 0 Å². The van der Waals surface area contributed by atoms with Gasteiger partial charge in [-0.05, 0) is 42.0 Å². The third-order valence-electron chi connectivity index (χ3n) is 6.52. The Morgan fingerprint density at radius 2 is 1.43 bits per heavy atom.